The highest BCUT2D eigenvalue weighted by Gasteiger charge is 2.27. The molecule has 0 aliphatic carbocycles. The van der Waals surface area contributed by atoms with E-state index in [-0.39, 0.29) is 11.9 Å². The number of hydrogen-bond acceptors (Lipinski definition) is 4. The van der Waals surface area contributed by atoms with Crippen LogP contribution in [0.2, 0.25) is 0 Å². The van der Waals surface area contributed by atoms with Gasteiger partial charge in [0, 0.05) is 39.5 Å². The minimum atomic E-state index is -0.217. The summed E-state index contributed by atoms with van der Waals surface area (Å²) in [6.45, 7) is 4.89. The molecule has 1 heterocycles. The minimum absolute atomic E-state index is 0.137. The maximum absolute atomic E-state index is 15.1. The molecule has 0 amide bonds. The Morgan fingerprint density at radius 1 is 1.27 bits per heavy atom. The monoisotopic (exact) mass is 411 g/mol. The van der Waals surface area contributed by atoms with Crippen LogP contribution in [0.15, 0.2) is 48.5 Å². The summed E-state index contributed by atoms with van der Waals surface area (Å²) in [6, 6.07) is 13.3. The Morgan fingerprint density at radius 3 is 2.87 bits per heavy atom. The summed E-state index contributed by atoms with van der Waals surface area (Å²) in [5, 5.41) is 0. The van der Waals surface area contributed by atoms with Gasteiger partial charge >= 0.3 is 7.62 Å². The number of aryl methyl sites for hydroxylation is 1. The number of nitrogens with zero attached hydrogens (tertiary/aromatic N) is 1. The molecule has 0 bridgehead atoms. The molecule has 1 aliphatic rings. The third-order valence-corrected chi connectivity index (χ3v) is 5.36. The fourth-order valence-corrected chi connectivity index (χ4v) is 3.95. The Morgan fingerprint density at radius 2 is 2.10 bits per heavy atom. The number of hydrogen-bond donors (Lipinski definition) is 0. The average Bonchev–Trinajstić information content (AvgIpc) is 2.74. The topological polar surface area (TPSA) is 30.9 Å². The number of methoxy groups -OCH3 is 1. The average molecular weight is 411 g/mol. The van der Waals surface area contributed by atoms with Crippen LogP contribution in [-0.2, 0) is 14.1 Å². The molecule has 1 fully saturated rings. The van der Waals surface area contributed by atoms with Crippen LogP contribution in [0.4, 0.5) is 4.39 Å². The zero-order valence-electron chi connectivity index (χ0n) is 18.2. The minimum Gasteiger partial charge on any atom is -0.427 e. The number of ether oxygens (including phenoxy) is 2. The molecular weight excluding hydrogens is 380 g/mol. The number of halogens is 1. The van der Waals surface area contributed by atoms with Gasteiger partial charge in [0.15, 0.2) is 0 Å². The molecule has 2 aromatic rings. The summed E-state index contributed by atoms with van der Waals surface area (Å²) in [6.07, 6.45) is 3.80. The first-order valence-corrected chi connectivity index (χ1v) is 10.5. The van der Waals surface area contributed by atoms with Crippen molar-refractivity contribution >= 4 is 13.2 Å². The molecule has 1 saturated heterocycles. The van der Waals surface area contributed by atoms with Crippen LogP contribution in [-0.4, -0.2) is 59.1 Å². The van der Waals surface area contributed by atoms with Crippen molar-refractivity contribution in [2.24, 2.45) is 0 Å². The SMILES string of the molecule is COBN1CCO[C@@H](C(=CCCCOC)c2cccc(F)c2-c2cccc(C)c2)C1. The summed E-state index contributed by atoms with van der Waals surface area (Å²) in [5.74, 6) is -0.217. The van der Waals surface area contributed by atoms with Crippen molar-refractivity contribution in [1.82, 2.24) is 4.81 Å². The maximum Gasteiger partial charge on any atom is 0.363 e. The molecule has 0 unspecified atom stereocenters. The Hall–Kier alpha value is -1.99. The van der Waals surface area contributed by atoms with Gasteiger partial charge in [-0.05, 0) is 42.5 Å². The van der Waals surface area contributed by atoms with E-state index in [4.69, 9.17) is 14.1 Å². The Kier molecular flexibility index (Phi) is 8.64. The highest BCUT2D eigenvalue weighted by atomic mass is 19.1. The van der Waals surface area contributed by atoms with Gasteiger partial charge in [-0.25, -0.2) is 4.39 Å². The van der Waals surface area contributed by atoms with Crippen molar-refractivity contribution in [3.8, 4) is 11.1 Å². The van der Waals surface area contributed by atoms with Gasteiger partial charge < -0.3 is 18.9 Å². The lowest BCUT2D eigenvalue weighted by Gasteiger charge is -2.34. The molecular formula is C24H31BFNO3. The Balaban J connectivity index is 2.02. The van der Waals surface area contributed by atoms with Gasteiger partial charge in [-0.15, -0.1) is 0 Å². The van der Waals surface area contributed by atoms with Crippen molar-refractivity contribution in [1.29, 1.82) is 0 Å². The normalized spacial score (nSPS) is 17.9. The van der Waals surface area contributed by atoms with Gasteiger partial charge in [0.2, 0.25) is 0 Å². The van der Waals surface area contributed by atoms with Crippen molar-refractivity contribution in [2.75, 3.05) is 40.5 Å². The Bertz CT molecular complexity index is 856. The molecule has 1 atom stereocenters. The third kappa shape index (κ3) is 5.79. The van der Waals surface area contributed by atoms with Crippen LogP contribution in [0.3, 0.4) is 0 Å². The van der Waals surface area contributed by atoms with Crippen LogP contribution < -0.4 is 0 Å². The highest BCUT2D eigenvalue weighted by molar-refractivity contribution is 6.23. The van der Waals surface area contributed by atoms with Crippen LogP contribution >= 0.6 is 0 Å². The van der Waals surface area contributed by atoms with E-state index in [0.29, 0.717) is 32.9 Å². The Labute approximate surface area is 179 Å². The molecule has 3 rings (SSSR count). The van der Waals surface area contributed by atoms with Crippen molar-refractivity contribution in [2.45, 2.75) is 25.9 Å². The molecule has 0 radical (unpaired) electrons. The second-order valence-electron chi connectivity index (χ2n) is 7.68. The van der Waals surface area contributed by atoms with Crippen molar-refractivity contribution in [3.05, 3.63) is 65.5 Å². The van der Waals surface area contributed by atoms with Crippen molar-refractivity contribution < 1.29 is 18.5 Å². The predicted octanol–water partition coefficient (Wildman–Crippen LogP) is 4.22. The standard InChI is InChI=1S/C24H31BFNO3/c1-18-8-6-9-19(16-18)24-21(11-7-12-22(24)26)20(10-4-5-14-28-2)23-17-27(25-29-3)13-15-30-23/h6-12,16,23,25H,4-5,13-15,17H2,1-3H3/t23-/m1/s1. The van der Waals surface area contributed by atoms with Gasteiger partial charge in [-0.3, -0.25) is 0 Å². The van der Waals surface area contributed by atoms with E-state index in [0.717, 1.165) is 41.6 Å². The molecule has 4 nitrogen and oxygen atoms in total. The fourth-order valence-electron chi connectivity index (χ4n) is 3.95. The molecule has 0 N–H and O–H groups in total. The van der Waals surface area contributed by atoms with Gasteiger partial charge in [0.1, 0.15) is 5.82 Å². The summed E-state index contributed by atoms with van der Waals surface area (Å²) < 4.78 is 31.8. The molecule has 30 heavy (non-hydrogen) atoms. The first-order valence-electron chi connectivity index (χ1n) is 10.5. The lowest BCUT2D eigenvalue weighted by Crippen LogP contribution is -2.45. The zero-order chi connectivity index (χ0) is 21.3. The maximum atomic E-state index is 15.1. The summed E-state index contributed by atoms with van der Waals surface area (Å²) in [7, 11) is 3.97. The smallest absolute Gasteiger partial charge is 0.363 e. The van der Waals surface area contributed by atoms with Crippen LogP contribution in [0.1, 0.15) is 24.0 Å². The molecule has 0 saturated carbocycles. The zero-order valence-corrected chi connectivity index (χ0v) is 18.2. The first-order chi connectivity index (χ1) is 14.6. The van der Waals surface area contributed by atoms with Gasteiger partial charge in [-0.1, -0.05) is 48.0 Å². The number of benzene rings is 2. The first kappa shape index (κ1) is 22.7. The summed E-state index contributed by atoms with van der Waals surface area (Å²) in [4.78, 5) is 2.22. The molecule has 2 aromatic carbocycles. The lowest BCUT2D eigenvalue weighted by atomic mass is 9.89. The van der Waals surface area contributed by atoms with Crippen LogP contribution in [0.5, 0.6) is 0 Å². The summed E-state index contributed by atoms with van der Waals surface area (Å²) >= 11 is 0. The van der Waals surface area contributed by atoms with E-state index in [1.807, 2.05) is 37.3 Å². The quantitative estimate of drug-likeness (QED) is 0.457. The fraction of sp³-hybridized carbons (Fsp3) is 0.417. The largest absolute Gasteiger partial charge is 0.427 e. The highest BCUT2D eigenvalue weighted by Crippen LogP contribution is 2.35. The van der Waals surface area contributed by atoms with Gasteiger partial charge in [0.25, 0.3) is 0 Å². The molecule has 6 heteroatoms. The van der Waals surface area contributed by atoms with E-state index in [9.17, 15) is 0 Å². The van der Waals surface area contributed by atoms with Gasteiger partial charge in [0.05, 0.1) is 12.7 Å². The number of rotatable bonds is 9. The number of allylic oxidation sites excluding steroid dienone is 1. The summed E-state index contributed by atoms with van der Waals surface area (Å²) in [5.41, 5.74) is 4.54. The van der Waals surface area contributed by atoms with E-state index in [1.165, 1.54) is 6.07 Å². The van der Waals surface area contributed by atoms with Crippen LogP contribution in [0.25, 0.3) is 16.7 Å². The second kappa shape index (κ2) is 11.4. The number of morpholine rings is 1. The van der Waals surface area contributed by atoms with Gasteiger partial charge in [-0.2, -0.15) is 0 Å². The third-order valence-electron chi connectivity index (χ3n) is 5.36. The predicted molar refractivity (Wildman–Crippen MR) is 121 cm³/mol. The second-order valence-corrected chi connectivity index (χ2v) is 7.68. The van der Waals surface area contributed by atoms with E-state index in [2.05, 4.69) is 10.9 Å². The number of unbranched alkanes of at least 4 members (excludes halogenated alkanes) is 1. The van der Waals surface area contributed by atoms with Crippen LogP contribution in [0, 0.1) is 12.7 Å². The van der Waals surface area contributed by atoms with E-state index in [1.54, 1.807) is 20.3 Å². The molecule has 0 spiro atoms. The molecule has 1 aliphatic heterocycles. The molecule has 160 valence electrons. The molecule has 0 aromatic heterocycles. The van der Waals surface area contributed by atoms with Crippen molar-refractivity contribution in [3.63, 3.8) is 0 Å². The van der Waals surface area contributed by atoms with E-state index < -0.39 is 0 Å². The lowest BCUT2D eigenvalue weighted by molar-refractivity contribution is 0.0273. The van der Waals surface area contributed by atoms with E-state index >= 15 is 4.39 Å².